The number of rotatable bonds is 5. The Morgan fingerprint density at radius 3 is 2.35 bits per heavy atom. The molecule has 1 atom stereocenters. The molecule has 2 aliphatic heterocycles. The number of carbonyl (C=O) groups excluding carboxylic acids is 2. The zero-order chi connectivity index (χ0) is 25.9. The molecule has 0 bridgehead atoms. The van der Waals surface area contributed by atoms with E-state index in [-0.39, 0.29) is 22.9 Å². The molecule has 1 amide bonds. The molecule has 1 saturated heterocycles. The Hall–Kier alpha value is -4.31. The molecule has 3 aromatic rings. The van der Waals surface area contributed by atoms with Gasteiger partial charge in [-0.2, -0.15) is 5.10 Å². The summed E-state index contributed by atoms with van der Waals surface area (Å²) in [5.74, 6) is -0.380. The van der Waals surface area contributed by atoms with Crippen molar-refractivity contribution in [1.29, 1.82) is 0 Å². The van der Waals surface area contributed by atoms with Crippen molar-refractivity contribution in [2.75, 3.05) is 0 Å². The van der Waals surface area contributed by atoms with Crippen molar-refractivity contribution in [3.63, 3.8) is 0 Å². The first-order valence-corrected chi connectivity index (χ1v) is 12.1. The van der Waals surface area contributed by atoms with Gasteiger partial charge in [0, 0.05) is 19.5 Å². The maximum Gasteiger partial charge on any atom is 0.308 e. The minimum Gasteiger partial charge on any atom is -0.427 e. The molecule has 7 nitrogen and oxygen atoms in total. The summed E-state index contributed by atoms with van der Waals surface area (Å²) in [4.78, 5) is 28.5. The number of hydrogen-bond donors (Lipinski definition) is 1. The van der Waals surface area contributed by atoms with Crippen LogP contribution in [0, 0.1) is 11.6 Å². The zero-order valence-electron chi connectivity index (χ0n) is 19.5. The van der Waals surface area contributed by atoms with Crippen LogP contribution in [0.15, 0.2) is 94.0 Å². The number of halogens is 2. The van der Waals surface area contributed by atoms with E-state index in [2.05, 4.69) is 10.3 Å². The number of hydrazone groups is 1. The number of ether oxygens (including phenoxy) is 1. The predicted octanol–water partition coefficient (Wildman–Crippen LogP) is 6.07. The van der Waals surface area contributed by atoms with Crippen LogP contribution in [0.5, 0.6) is 5.75 Å². The highest BCUT2D eigenvalue weighted by Crippen LogP contribution is 2.36. The molecule has 10 heteroatoms. The molecule has 37 heavy (non-hydrogen) atoms. The molecule has 0 radical (unpaired) electrons. The highest BCUT2D eigenvalue weighted by atomic mass is 32.2. The normalized spacial score (nSPS) is 19.3. The molecule has 5 rings (SSSR count). The molecule has 1 N–H and O–H groups in total. The van der Waals surface area contributed by atoms with Gasteiger partial charge in [-0.05, 0) is 71.4 Å². The van der Waals surface area contributed by atoms with Crippen molar-refractivity contribution < 1.29 is 23.1 Å². The fourth-order valence-corrected chi connectivity index (χ4v) is 4.63. The van der Waals surface area contributed by atoms with E-state index in [4.69, 9.17) is 9.84 Å². The quantitative estimate of drug-likeness (QED) is 0.328. The van der Waals surface area contributed by atoms with Crippen molar-refractivity contribution in [3.05, 3.63) is 107 Å². The molecule has 2 heterocycles. The lowest BCUT2D eigenvalue weighted by Crippen LogP contribution is -2.20. The Morgan fingerprint density at radius 1 is 1.05 bits per heavy atom. The Labute approximate surface area is 215 Å². The third-order valence-corrected chi connectivity index (χ3v) is 6.43. The van der Waals surface area contributed by atoms with Gasteiger partial charge in [-0.3, -0.25) is 14.6 Å². The second-order valence-corrected chi connectivity index (χ2v) is 9.28. The number of thioether (sulfide) groups is 1. The van der Waals surface area contributed by atoms with Gasteiger partial charge in [0.05, 0.1) is 22.3 Å². The molecule has 0 aromatic heterocycles. The second kappa shape index (κ2) is 10.4. The summed E-state index contributed by atoms with van der Waals surface area (Å²) in [5.41, 5.74) is 2.88. The predicted molar refractivity (Wildman–Crippen MR) is 138 cm³/mol. The summed E-state index contributed by atoms with van der Waals surface area (Å²) >= 11 is 0.980. The van der Waals surface area contributed by atoms with E-state index in [0.29, 0.717) is 28.6 Å². The number of esters is 1. The first-order chi connectivity index (χ1) is 17.8. The lowest BCUT2D eigenvalue weighted by molar-refractivity contribution is -0.131. The van der Waals surface area contributed by atoms with Crippen LogP contribution in [0.25, 0.3) is 0 Å². The molecular weight excluding hydrogens is 498 g/mol. The van der Waals surface area contributed by atoms with E-state index in [1.807, 2.05) is 0 Å². The molecule has 0 aliphatic carbocycles. The summed E-state index contributed by atoms with van der Waals surface area (Å²) in [6.45, 7) is 1.32. The maximum absolute atomic E-state index is 13.6. The number of benzene rings is 3. The molecule has 3 aromatic carbocycles. The maximum atomic E-state index is 13.6. The van der Waals surface area contributed by atoms with Crippen LogP contribution in [0.3, 0.4) is 0 Å². The molecule has 186 valence electrons. The van der Waals surface area contributed by atoms with Crippen LogP contribution in [0.4, 0.5) is 19.3 Å². The van der Waals surface area contributed by atoms with Crippen LogP contribution in [0.1, 0.15) is 30.5 Å². The van der Waals surface area contributed by atoms with Crippen molar-refractivity contribution in [1.82, 2.24) is 10.3 Å². The number of carbonyl (C=O) groups is 2. The molecule has 0 spiro atoms. The van der Waals surface area contributed by atoms with E-state index in [0.717, 1.165) is 28.6 Å². The first-order valence-electron chi connectivity index (χ1n) is 11.3. The van der Waals surface area contributed by atoms with E-state index < -0.39 is 5.97 Å². The summed E-state index contributed by atoms with van der Waals surface area (Å²) < 4.78 is 32.1. The summed E-state index contributed by atoms with van der Waals surface area (Å²) in [6, 6.07) is 18.5. The molecular formula is C27H20F2N4O3S. The van der Waals surface area contributed by atoms with Crippen molar-refractivity contribution in [2.45, 2.75) is 19.4 Å². The SMILES string of the molecule is CC(=O)Oc1ccc(N=C2NC(=O)S/C2=C\N2N=C(c3ccc(F)cc3)CC2c2ccc(F)cc2)cc1. The van der Waals surface area contributed by atoms with Gasteiger partial charge in [0.1, 0.15) is 23.2 Å². The topological polar surface area (TPSA) is 83.4 Å². The Kier molecular flexibility index (Phi) is 6.82. The summed E-state index contributed by atoms with van der Waals surface area (Å²) in [6.07, 6.45) is 2.22. The monoisotopic (exact) mass is 518 g/mol. The number of amides is 1. The second-order valence-electron chi connectivity index (χ2n) is 8.26. The highest BCUT2D eigenvalue weighted by molar-refractivity contribution is 8.18. The number of amidine groups is 1. The number of nitrogens with one attached hydrogen (secondary N) is 1. The zero-order valence-corrected chi connectivity index (χ0v) is 20.3. The van der Waals surface area contributed by atoms with E-state index in [1.165, 1.54) is 31.2 Å². The van der Waals surface area contributed by atoms with Crippen LogP contribution in [-0.4, -0.2) is 27.8 Å². The smallest absolute Gasteiger partial charge is 0.308 e. The molecule has 1 fully saturated rings. The Balaban J connectivity index is 1.48. The molecule has 0 saturated carbocycles. The highest BCUT2D eigenvalue weighted by Gasteiger charge is 2.31. The summed E-state index contributed by atoms with van der Waals surface area (Å²) in [5, 5.41) is 8.90. The Morgan fingerprint density at radius 2 is 1.70 bits per heavy atom. The lowest BCUT2D eigenvalue weighted by Gasteiger charge is -2.20. The average Bonchev–Trinajstić information content (AvgIpc) is 3.44. The van der Waals surface area contributed by atoms with Gasteiger partial charge in [-0.15, -0.1) is 0 Å². The van der Waals surface area contributed by atoms with Crippen molar-refractivity contribution in [3.8, 4) is 5.75 Å². The van der Waals surface area contributed by atoms with Gasteiger partial charge >= 0.3 is 5.97 Å². The van der Waals surface area contributed by atoms with Gasteiger partial charge < -0.3 is 10.1 Å². The van der Waals surface area contributed by atoms with Crippen LogP contribution in [0.2, 0.25) is 0 Å². The minimum atomic E-state index is -0.425. The number of nitrogens with zero attached hydrogens (tertiary/aromatic N) is 3. The largest absolute Gasteiger partial charge is 0.427 e. The van der Waals surface area contributed by atoms with E-state index in [1.54, 1.807) is 59.7 Å². The van der Waals surface area contributed by atoms with Crippen LogP contribution >= 0.6 is 11.8 Å². The third kappa shape index (κ3) is 5.75. The minimum absolute atomic E-state index is 0.270. The van der Waals surface area contributed by atoms with Gasteiger partial charge in [0.25, 0.3) is 5.24 Å². The first kappa shape index (κ1) is 24.4. The fraction of sp³-hybridized carbons (Fsp3) is 0.111. The van der Waals surface area contributed by atoms with E-state index >= 15 is 0 Å². The molecule has 1 unspecified atom stereocenters. The average molecular weight is 519 g/mol. The van der Waals surface area contributed by atoms with Gasteiger partial charge in [0.15, 0.2) is 0 Å². The van der Waals surface area contributed by atoms with Crippen LogP contribution < -0.4 is 10.1 Å². The number of hydrogen-bond acceptors (Lipinski definition) is 7. The van der Waals surface area contributed by atoms with Crippen LogP contribution in [-0.2, 0) is 4.79 Å². The summed E-state index contributed by atoms with van der Waals surface area (Å²) in [7, 11) is 0. The van der Waals surface area contributed by atoms with Gasteiger partial charge in [-0.25, -0.2) is 13.8 Å². The lowest BCUT2D eigenvalue weighted by atomic mass is 9.98. The van der Waals surface area contributed by atoms with Crippen molar-refractivity contribution in [2.24, 2.45) is 10.1 Å². The molecule has 2 aliphatic rings. The number of aliphatic imine (C=N–C) groups is 1. The van der Waals surface area contributed by atoms with E-state index in [9.17, 15) is 18.4 Å². The standard InChI is InChI=1S/C27H20F2N4O3S/c1-16(34)36-22-12-10-21(11-13-22)30-26-25(37-27(35)31-26)15-33-24(18-4-8-20(29)9-5-18)14-23(32-33)17-2-6-19(28)7-3-17/h2-13,15,24H,14H2,1H3,(H,30,31,35)/b25-15-. The van der Waals surface area contributed by atoms with Gasteiger partial charge in [-0.1, -0.05) is 24.3 Å². The van der Waals surface area contributed by atoms with Crippen molar-refractivity contribution >= 4 is 40.2 Å². The fourth-order valence-electron chi connectivity index (χ4n) is 3.93. The Bertz CT molecular complexity index is 1440. The third-order valence-electron chi connectivity index (χ3n) is 5.62. The van der Waals surface area contributed by atoms with Gasteiger partial charge in [0.2, 0.25) is 0 Å².